The maximum absolute atomic E-state index is 12.4. The number of pyridine rings is 1. The molecule has 1 amide bonds. The Morgan fingerprint density at radius 3 is 2.44 bits per heavy atom. The van der Waals surface area contributed by atoms with Crippen molar-refractivity contribution in [1.29, 1.82) is 0 Å². The molecule has 2 rings (SSSR count). The molecule has 0 bridgehead atoms. The van der Waals surface area contributed by atoms with Crippen LogP contribution in [0.4, 0.5) is 5.82 Å². The van der Waals surface area contributed by atoms with E-state index in [9.17, 15) is 13.2 Å². The molecule has 1 fully saturated rings. The van der Waals surface area contributed by atoms with Crippen LogP contribution in [0.15, 0.2) is 24.4 Å². The van der Waals surface area contributed by atoms with Crippen LogP contribution in [0.3, 0.4) is 0 Å². The molecule has 7 nitrogen and oxygen atoms in total. The van der Waals surface area contributed by atoms with Gasteiger partial charge in [-0.15, -0.1) is 0 Å². The van der Waals surface area contributed by atoms with Gasteiger partial charge in [0.25, 0.3) is 0 Å². The second-order valence-corrected chi connectivity index (χ2v) is 9.57. The van der Waals surface area contributed by atoms with Gasteiger partial charge in [0, 0.05) is 45.3 Å². The Balaban J connectivity index is 1.78. The van der Waals surface area contributed by atoms with Crippen molar-refractivity contribution in [3.63, 3.8) is 0 Å². The van der Waals surface area contributed by atoms with Crippen molar-refractivity contribution in [3.8, 4) is 0 Å². The number of amides is 1. The summed E-state index contributed by atoms with van der Waals surface area (Å²) in [6.07, 6.45) is 2.12. The van der Waals surface area contributed by atoms with Gasteiger partial charge in [-0.2, -0.15) is 4.31 Å². The van der Waals surface area contributed by atoms with Gasteiger partial charge in [-0.1, -0.05) is 26.8 Å². The fourth-order valence-corrected chi connectivity index (χ4v) is 4.07. The zero-order chi connectivity index (χ0) is 18.5. The predicted molar refractivity (Wildman–Crippen MR) is 98.9 cm³/mol. The highest BCUT2D eigenvalue weighted by molar-refractivity contribution is 7.89. The predicted octanol–water partition coefficient (Wildman–Crippen LogP) is 1.09. The van der Waals surface area contributed by atoms with Gasteiger partial charge in [0.2, 0.25) is 15.9 Å². The minimum atomic E-state index is -3.36. The van der Waals surface area contributed by atoms with Crippen molar-refractivity contribution in [2.75, 3.05) is 43.4 Å². The standard InChI is InChI=1S/C17H28N4O3S/c1-17(2,3)14-16(22)19-8-13-25(23,24)21-11-9-20(10-12-21)15-6-4-5-7-18-15/h4-7H,8-14H2,1-3H3,(H,19,22). The maximum atomic E-state index is 12.4. The van der Waals surface area contributed by atoms with E-state index in [4.69, 9.17) is 0 Å². The summed E-state index contributed by atoms with van der Waals surface area (Å²) < 4.78 is 26.4. The largest absolute Gasteiger partial charge is 0.355 e. The summed E-state index contributed by atoms with van der Waals surface area (Å²) in [5, 5.41) is 2.70. The van der Waals surface area contributed by atoms with E-state index in [1.807, 2.05) is 39.0 Å². The van der Waals surface area contributed by atoms with Crippen molar-refractivity contribution in [2.45, 2.75) is 27.2 Å². The van der Waals surface area contributed by atoms with Gasteiger partial charge in [0.05, 0.1) is 5.75 Å². The fourth-order valence-electron chi connectivity index (χ4n) is 2.73. The highest BCUT2D eigenvalue weighted by atomic mass is 32.2. The number of carbonyl (C=O) groups is 1. The zero-order valence-electron chi connectivity index (χ0n) is 15.2. The summed E-state index contributed by atoms with van der Waals surface area (Å²) in [5.41, 5.74) is -0.106. The van der Waals surface area contributed by atoms with Crippen LogP contribution in [0, 0.1) is 5.41 Å². The van der Waals surface area contributed by atoms with Gasteiger partial charge in [-0.3, -0.25) is 4.79 Å². The SMILES string of the molecule is CC(C)(C)CC(=O)NCCS(=O)(=O)N1CCN(c2ccccn2)CC1. The number of nitrogens with zero attached hydrogens (tertiary/aromatic N) is 3. The highest BCUT2D eigenvalue weighted by Crippen LogP contribution is 2.18. The Bertz CT molecular complexity index is 663. The molecule has 0 aliphatic carbocycles. The smallest absolute Gasteiger partial charge is 0.220 e. The number of nitrogens with one attached hydrogen (secondary N) is 1. The summed E-state index contributed by atoms with van der Waals surface area (Å²) in [4.78, 5) is 18.2. The van der Waals surface area contributed by atoms with Gasteiger partial charge in [0.15, 0.2) is 0 Å². The first-order valence-electron chi connectivity index (χ1n) is 8.58. The summed E-state index contributed by atoms with van der Waals surface area (Å²) in [6.45, 7) is 8.19. The number of hydrogen-bond donors (Lipinski definition) is 1. The Hall–Kier alpha value is -1.67. The van der Waals surface area contributed by atoms with E-state index in [1.54, 1.807) is 6.20 Å². The Kier molecular flexibility index (Phi) is 6.40. The third-order valence-electron chi connectivity index (χ3n) is 3.98. The lowest BCUT2D eigenvalue weighted by Gasteiger charge is -2.34. The van der Waals surface area contributed by atoms with E-state index >= 15 is 0 Å². The van der Waals surface area contributed by atoms with E-state index in [-0.39, 0.29) is 23.6 Å². The van der Waals surface area contributed by atoms with E-state index in [2.05, 4.69) is 15.2 Å². The number of anilines is 1. The van der Waals surface area contributed by atoms with Gasteiger partial charge in [-0.05, 0) is 17.5 Å². The fraction of sp³-hybridized carbons (Fsp3) is 0.647. The van der Waals surface area contributed by atoms with Crippen LogP contribution in [0.5, 0.6) is 0 Å². The summed E-state index contributed by atoms with van der Waals surface area (Å²) in [6, 6.07) is 5.71. The zero-order valence-corrected chi connectivity index (χ0v) is 16.1. The van der Waals surface area contributed by atoms with Gasteiger partial charge in [-0.25, -0.2) is 13.4 Å². The average molecular weight is 369 g/mol. The molecule has 0 atom stereocenters. The number of piperazine rings is 1. The molecular weight excluding hydrogens is 340 g/mol. The highest BCUT2D eigenvalue weighted by Gasteiger charge is 2.27. The molecule has 0 saturated carbocycles. The first-order valence-corrected chi connectivity index (χ1v) is 10.2. The van der Waals surface area contributed by atoms with Crippen LogP contribution in [-0.2, 0) is 14.8 Å². The lowest BCUT2D eigenvalue weighted by Crippen LogP contribution is -2.50. The second-order valence-electron chi connectivity index (χ2n) is 7.48. The molecule has 0 spiro atoms. The lowest BCUT2D eigenvalue weighted by atomic mass is 9.92. The molecule has 1 aromatic heterocycles. The van der Waals surface area contributed by atoms with Gasteiger partial charge in [0.1, 0.15) is 5.82 Å². The normalized spacial score (nSPS) is 16.7. The summed E-state index contributed by atoms with van der Waals surface area (Å²) in [7, 11) is -3.36. The monoisotopic (exact) mass is 368 g/mol. The Morgan fingerprint density at radius 1 is 1.20 bits per heavy atom. The van der Waals surface area contributed by atoms with Crippen molar-refractivity contribution in [2.24, 2.45) is 5.41 Å². The van der Waals surface area contributed by atoms with Crippen molar-refractivity contribution in [1.82, 2.24) is 14.6 Å². The van der Waals surface area contributed by atoms with Crippen LogP contribution in [0.1, 0.15) is 27.2 Å². The first-order chi connectivity index (χ1) is 11.7. The molecule has 0 unspecified atom stereocenters. The number of sulfonamides is 1. The van der Waals surface area contributed by atoms with Crippen LogP contribution in [0.25, 0.3) is 0 Å². The molecule has 2 heterocycles. The quantitative estimate of drug-likeness (QED) is 0.813. The van der Waals surface area contributed by atoms with E-state index in [0.717, 1.165) is 5.82 Å². The summed E-state index contributed by atoms with van der Waals surface area (Å²) in [5.74, 6) is 0.698. The summed E-state index contributed by atoms with van der Waals surface area (Å²) >= 11 is 0. The maximum Gasteiger partial charge on any atom is 0.220 e. The Labute approximate surface area is 150 Å². The molecule has 140 valence electrons. The van der Waals surface area contributed by atoms with E-state index < -0.39 is 10.0 Å². The molecule has 25 heavy (non-hydrogen) atoms. The van der Waals surface area contributed by atoms with Gasteiger partial charge >= 0.3 is 0 Å². The molecule has 1 aliphatic rings. The molecule has 0 aromatic carbocycles. The molecule has 1 aromatic rings. The lowest BCUT2D eigenvalue weighted by molar-refractivity contribution is -0.122. The topological polar surface area (TPSA) is 82.6 Å². The second kappa shape index (κ2) is 8.14. The number of rotatable bonds is 6. The molecule has 8 heteroatoms. The van der Waals surface area contributed by atoms with E-state index in [1.165, 1.54) is 4.31 Å². The third-order valence-corrected chi connectivity index (χ3v) is 5.85. The average Bonchev–Trinajstić information content (AvgIpc) is 2.54. The minimum Gasteiger partial charge on any atom is -0.355 e. The number of carbonyl (C=O) groups excluding carboxylic acids is 1. The van der Waals surface area contributed by atoms with Crippen molar-refractivity contribution in [3.05, 3.63) is 24.4 Å². The third kappa shape index (κ3) is 6.28. The Morgan fingerprint density at radius 2 is 1.88 bits per heavy atom. The van der Waals surface area contributed by atoms with Crippen LogP contribution >= 0.6 is 0 Å². The first kappa shape index (κ1) is 19.7. The van der Waals surface area contributed by atoms with Crippen molar-refractivity contribution >= 4 is 21.7 Å². The minimum absolute atomic E-state index is 0.0630. The molecular formula is C17H28N4O3S. The molecule has 0 radical (unpaired) electrons. The van der Waals surface area contributed by atoms with E-state index in [0.29, 0.717) is 32.6 Å². The van der Waals surface area contributed by atoms with Crippen LogP contribution in [0.2, 0.25) is 0 Å². The molecule has 1 aliphatic heterocycles. The van der Waals surface area contributed by atoms with Gasteiger partial charge < -0.3 is 10.2 Å². The molecule has 1 saturated heterocycles. The number of aromatic nitrogens is 1. The molecule has 1 N–H and O–H groups in total. The number of hydrogen-bond acceptors (Lipinski definition) is 5. The van der Waals surface area contributed by atoms with Crippen LogP contribution in [-0.4, -0.2) is 62.1 Å². The van der Waals surface area contributed by atoms with Crippen molar-refractivity contribution < 1.29 is 13.2 Å². The van der Waals surface area contributed by atoms with Crippen LogP contribution < -0.4 is 10.2 Å².